The lowest BCUT2D eigenvalue weighted by molar-refractivity contribution is 0.537. The summed E-state index contributed by atoms with van der Waals surface area (Å²) >= 11 is -2.45. The molecule has 0 bridgehead atoms. The molecule has 0 aromatic heterocycles. The molecule has 0 aliphatic carbocycles. The van der Waals surface area contributed by atoms with Gasteiger partial charge in [0.05, 0.1) is 4.90 Å². The van der Waals surface area contributed by atoms with Gasteiger partial charge in [-0.2, -0.15) is 0 Å². The van der Waals surface area contributed by atoms with Gasteiger partial charge < -0.3 is 4.55 Å². The zero-order valence-corrected chi connectivity index (χ0v) is 8.53. The third-order valence-electron chi connectivity index (χ3n) is 1.28. The Kier molecular flexibility index (Phi) is 3.07. The molecule has 1 atom stereocenters. The highest BCUT2D eigenvalue weighted by atomic mass is 35.7. The summed E-state index contributed by atoms with van der Waals surface area (Å²) in [4.78, 5) is -0.336. The fourth-order valence-corrected chi connectivity index (χ4v) is 2.01. The third-order valence-corrected chi connectivity index (χ3v) is 3.27. The van der Waals surface area contributed by atoms with Crippen LogP contribution in [0.1, 0.15) is 0 Å². The molecule has 7 heteroatoms. The fraction of sp³-hybridized carbons (Fsp3) is 0. The number of rotatable bonds is 2. The average molecular weight is 240 g/mol. The van der Waals surface area contributed by atoms with Gasteiger partial charge in [-0.3, -0.25) is 4.21 Å². The molecule has 72 valence electrons. The van der Waals surface area contributed by atoms with Crippen molar-refractivity contribution in [3.8, 4) is 0 Å². The van der Waals surface area contributed by atoms with E-state index in [1.165, 1.54) is 18.2 Å². The van der Waals surface area contributed by atoms with E-state index in [0.717, 1.165) is 6.07 Å². The summed E-state index contributed by atoms with van der Waals surface area (Å²) in [5.74, 6) is 0. The second-order valence-electron chi connectivity index (χ2n) is 2.15. The zero-order chi connectivity index (χ0) is 10.1. The first-order valence-electron chi connectivity index (χ1n) is 3.05. The highest BCUT2D eigenvalue weighted by Gasteiger charge is 2.09. The highest BCUT2D eigenvalue weighted by Crippen LogP contribution is 2.17. The third kappa shape index (κ3) is 2.77. The first kappa shape index (κ1) is 10.6. The van der Waals surface area contributed by atoms with E-state index in [2.05, 4.69) is 0 Å². The maximum absolute atomic E-state index is 10.8. The van der Waals surface area contributed by atoms with Crippen LogP contribution in [-0.4, -0.2) is 17.2 Å². The Labute approximate surface area is 82.2 Å². The van der Waals surface area contributed by atoms with Crippen LogP contribution in [0.2, 0.25) is 0 Å². The average Bonchev–Trinajstić information content (AvgIpc) is 2.03. The summed E-state index contributed by atoms with van der Waals surface area (Å²) in [5.41, 5.74) is 0. The lowest BCUT2D eigenvalue weighted by Crippen LogP contribution is -1.94. The number of hydrogen-bond acceptors (Lipinski definition) is 4. The van der Waals surface area contributed by atoms with Crippen LogP contribution in [0.15, 0.2) is 34.1 Å². The Morgan fingerprint density at radius 2 is 2.00 bits per heavy atom. The van der Waals surface area contributed by atoms with Crippen LogP contribution in [0.3, 0.4) is 0 Å². The molecule has 0 N–H and O–H groups in total. The van der Waals surface area contributed by atoms with Crippen molar-refractivity contribution in [2.45, 2.75) is 9.79 Å². The van der Waals surface area contributed by atoms with Gasteiger partial charge in [-0.1, -0.05) is 6.07 Å². The Morgan fingerprint density at radius 1 is 1.38 bits per heavy atom. The van der Waals surface area contributed by atoms with Crippen molar-refractivity contribution in [2.24, 2.45) is 0 Å². The molecule has 13 heavy (non-hydrogen) atoms. The van der Waals surface area contributed by atoms with Gasteiger partial charge in [0.1, 0.15) is 0 Å². The molecule has 1 unspecified atom stereocenters. The molecule has 1 aromatic rings. The van der Waals surface area contributed by atoms with Crippen LogP contribution in [0, 0.1) is 0 Å². The summed E-state index contributed by atoms with van der Waals surface area (Å²) in [6, 6.07) is 4.79. The van der Waals surface area contributed by atoms with Crippen molar-refractivity contribution in [3.63, 3.8) is 0 Å². The standard InChI is InChI=1S/C6H5ClO4S2/c7-13(10,11)6-3-1-2-5(4-6)12(8)9/h1-4H,(H,8,9)/p-1. The van der Waals surface area contributed by atoms with Gasteiger partial charge in [-0.15, -0.1) is 0 Å². The lowest BCUT2D eigenvalue weighted by Gasteiger charge is -2.05. The molecular weight excluding hydrogens is 236 g/mol. The molecular formula is C6H4ClO4S2-. The molecule has 4 nitrogen and oxygen atoms in total. The summed E-state index contributed by atoms with van der Waals surface area (Å²) in [5, 5.41) is 0. The van der Waals surface area contributed by atoms with Crippen LogP contribution >= 0.6 is 10.7 Å². The molecule has 0 amide bonds. The van der Waals surface area contributed by atoms with Crippen molar-refractivity contribution < 1.29 is 17.2 Å². The molecule has 0 heterocycles. The molecule has 0 saturated heterocycles. The summed E-state index contributed by atoms with van der Waals surface area (Å²) in [7, 11) is 1.15. The molecule has 0 fully saturated rings. The van der Waals surface area contributed by atoms with Crippen LogP contribution in [0.5, 0.6) is 0 Å². The van der Waals surface area contributed by atoms with Gasteiger partial charge in [0.2, 0.25) is 0 Å². The van der Waals surface area contributed by atoms with Gasteiger partial charge in [0.25, 0.3) is 9.05 Å². The second kappa shape index (κ2) is 3.75. The van der Waals surface area contributed by atoms with E-state index in [9.17, 15) is 17.2 Å². The van der Waals surface area contributed by atoms with Crippen molar-refractivity contribution in [1.82, 2.24) is 0 Å². The topological polar surface area (TPSA) is 74.3 Å². The quantitative estimate of drug-likeness (QED) is 0.567. The van der Waals surface area contributed by atoms with Gasteiger partial charge >= 0.3 is 0 Å². The van der Waals surface area contributed by atoms with Gasteiger partial charge in [0.15, 0.2) is 0 Å². The SMILES string of the molecule is O=S([O-])c1cccc(S(=O)(=O)Cl)c1. The van der Waals surface area contributed by atoms with Crippen molar-refractivity contribution in [2.75, 3.05) is 0 Å². The maximum atomic E-state index is 10.8. The van der Waals surface area contributed by atoms with Gasteiger partial charge in [0, 0.05) is 15.6 Å². The fourth-order valence-electron chi connectivity index (χ4n) is 0.730. The van der Waals surface area contributed by atoms with Crippen LogP contribution in [-0.2, 0) is 20.1 Å². The first-order valence-corrected chi connectivity index (χ1v) is 6.43. The highest BCUT2D eigenvalue weighted by molar-refractivity contribution is 8.13. The Hall–Kier alpha value is -0.430. The van der Waals surface area contributed by atoms with Crippen LogP contribution < -0.4 is 0 Å². The van der Waals surface area contributed by atoms with Gasteiger partial charge in [-0.05, 0) is 29.3 Å². The number of halogens is 1. The van der Waals surface area contributed by atoms with E-state index in [0.29, 0.717) is 0 Å². The lowest BCUT2D eigenvalue weighted by atomic mass is 10.4. The molecule has 0 aliphatic rings. The normalized spacial score (nSPS) is 14.0. The van der Waals surface area contributed by atoms with E-state index < -0.39 is 20.1 Å². The van der Waals surface area contributed by atoms with E-state index in [-0.39, 0.29) is 9.79 Å². The molecule has 1 aromatic carbocycles. The minimum absolute atomic E-state index is 0.110. The van der Waals surface area contributed by atoms with E-state index >= 15 is 0 Å². The van der Waals surface area contributed by atoms with Crippen molar-refractivity contribution >= 4 is 30.8 Å². The molecule has 0 aliphatic heterocycles. The van der Waals surface area contributed by atoms with Crippen molar-refractivity contribution in [3.05, 3.63) is 24.3 Å². The Morgan fingerprint density at radius 3 is 2.46 bits per heavy atom. The smallest absolute Gasteiger partial charge is 0.261 e. The summed E-state index contributed by atoms with van der Waals surface area (Å²) in [6.45, 7) is 0. The Balaban J connectivity index is 3.29. The predicted molar refractivity (Wildman–Crippen MR) is 46.7 cm³/mol. The minimum atomic E-state index is -3.86. The molecule has 1 rings (SSSR count). The maximum Gasteiger partial charge on any atom is 0.261 e. The van der Waals surface area contributed by atoms with E-state index in [1.807, 2.05) is 0 Å². The van der Waals surface area contributed by atoms with Crippen LogP contribution in [0.4, 0.5) is 0 Å². The second-order valence-corrected chi connectivity index (χ2v) is 5.65. The van der Waals surface area contributed by atoms with E-state index in [1.54, 1.807) is 0 Å². The largest absolute Gasteiger partial charge is 0.768 e. The minimum Gasteiger partial charge on any atom is -0.768 e. The summed E-state index contributed by atoms with van der Waals surface area (Å²) < 4.78 is 42.4. The first-order chi connectivity index (χ1) is 5.91. The molecule has 0 spiro atoms. The summed E-state index contributed by atoms with van der Waals surface area (Å²) in [6.07, 6.45) is 0. The zero-order valence-electron chi connectivity index (χ0n) is 6.14. The van der Waals surface area contributed by atoms with Crippen LogP contribution in [0.25, 0.3) is 0 Å². The Bertz CT molecular complexity index is 440. The van der Waals surface area contributed by atoms with E-state index in [4.69, 9.17) is 10.7 Å². The molecule has 0 saturated carbocycles. The predicted octanol–water partition coefficient (Wildman–Crippen LogP) is 0.852. The molecule has 0 radical (unpaired) electrons. The monoisotopic (exact) mass is 239 g/mol. The number of benzene rings is 1. The number of hydrogen-bond donors (Lipinski definition) is 0. The van der Waals surface area contributed by atoms with Crippen molar-refractivity contribution in [1.29, 1.82) is 0 Å². The van der Waals surface area contributed by atoms with Gasteiger partial charge in [-0.25, -0.2) is 8.42 Å².